The van der Waals surface area contributed by atoms with Gasteiger partial charge in [-0.3, -0.25) is 4.39 Å². The van der Waals surface area contributed by atoms with Crippen LogP contribution in [0, 0.1) is 0 Å². The van der Waals surface area contributed by atoms with Crippen LogP contribution in [0.25, 0.3) is 0 Å². The standard InChI is InChI=1S/C10H11F4NO/c11-6-5-8(15)7-3-1-2-4-9(7)16-10(12,13)14/h1-4,8H,5-6,15H2/t8-/m0/s1. The van der Waals surface area contributed by atoms with Gasteiger partial charge in [0.05, 0.1) is 6.67 Å². The van der Waals surface area contributed by atoms with Gasteiger partial charge in [0.2, 0.25) is 0 Å². The van der Waals surface area contributed by atoms with Crippen LogP contribution in [0.3, 0.4) is 0 Å². The third-order valence-electron chi connectivity index (χ3n) is 1.96. The molecule has 0 aromatic heterocycles. The molecular weight excluding hydrogens is 226 g/mol. The molecule has 0 unspecified atom stereocenters. The Kier molecular flexibility index (Phi) is 4.12. The number of para-hydroxylation sites is 1. The van der Waals surface area contributed by atoms with Gasteiger partial charge in [-0.25, -0.2) is 0 Å². The Morgan fingerprint density at radius 2 is 1.88 bits per heavy atom. The topological polar surface area (TPSA) is 35.2 Å². The molecular formula is C10H11F4NO. The second-order valence-corrected chi connectivity index (χ2v) is 3.17. The Balaban J connectivity index is 2.91. The summed E-state index contributed by atoms with van der Waals surface area (Å²) >= 11 is 0. The molecule has 16 heavy (non-hydrogen) atoms. The zero-order chi connectivity index (χ0) is 12.2. The predicted molar refractivity (Wildman–Crippen MR) is 50.6 cm³/mol. The van der Waals surface area contributed by atoms with Gasteiger partial charge in [-0.2, -0.15) is 0 Å². The van der Waals surface area contributed by atoms with Gasteiger partial charge in [0.1, 0.15) is 5.75 Å². The second kappa shape index (κ2) is 5.16. The van der Waals surface area contributed by atoms with Crippen molar-refractivity contribution >= 4 is 0 Å². The molecule has 2 N–H and O–H groups in total. The zero-order valence-corrected chi connectivity index (χ0v) is 8.30. The lowest BCUT2D eigenvalue weighted by molar-refractivity contribution is -0.275. The molecule has 1 atom stereocenters. The van der Waals surface area contributed by atoms with Crippen molar-refractivity contribution in [3.8, 4) is 5.75 Å². The van der Waals surface area contributed by atoms with E-state index in [2.05, 4.69) is 4.74 Å². The zero-order valence-electron chi connectivity index (χ0n) is 8.30. The highest BCUT2D eigenvalue weighted by atomic mass is 19.4. The summed E-state index contributed by atoms with van der Waals surface area (Å²) in [5, 5.41) is 0. The van der Waals surface area contributed by atoms with Crippen LogP contribution < -0.4 is 10.5 Å². The van der Waals surface area contributed by atoms with Crippen LogP contribution in [-0.2, 0) is 0 Å². The summed E-state index contributed by atoms with van der Waals surface area (Å²) in [7, 11) is 0. The molecule has 2 nitrogen and oxygen atoms in total. The molecule has 0 spiro atoms. The minimum atomic E-state index is -4.77. The maximum Gasteiger partial charge on any atom is 0.573 e. The molecule has 90 valence electrons. The van der Waals surface area contributed by atoms with Crippen molar-refractivity contribution in [2.24, 2.45) is 5.73 Å². The summed E-state index contributed by atoms with van der Waals surface area (Å²) in [6, 6.07) is 4.66. The van der Waals surface area contributed by atoms with Crippen molar-refractivity contribution in [1.82, 2.24) is 0 Å². The van der Waals surface area contributed by atoms with Crippen molar-refractivity contribution in [3.05, 3.63) is 29.8 Å². The summed E-state index contributed by atoms with van der Waals surface area (Å²) in [6.45, 7) is -0.693. The normalized spacial score (nSPS) is 13.6. The van der Waals surface area contributed by atoms with Gasteiger partial charge < -0.3 is 10.5 Å². The van der Waals surface area contributed by atoms with E-state index in [1.165, 1.54) is 18.2 Å². The highest BCUT2D eigenvalue weighted by molar-refractivity contribution is 5.35. The van der Waals surface area contributed by atoms with Crippen LogP contribution in [-0.4, -0.2) is 13.0 Å². The molecule has 0 bridgehead atoms. The fourth-order valence-corrected chi connectivity index (χ4v) is 1.28. The minimum absolute atomic E-state index is 0.0434. The Hall–Kier alpha value is -1.30. The predicted octanol–water partition coefficient (Wildman–Crippen LogP) is 2.94. The first-order chi connectivity index (χ1) is 7.44. The molecule has 0 radical (unpaired) electrons. The SMILES string of the molecule is N[C@@H](CCF)c1ccccc1OC(F)(F)F. The van der Waals surface area contributed by atoms with E-state index in [0.29, 0.717) is 0 Å². The highest BCUT2D eigenvalue weighted by Gasteiger charge is 2.32. The first-order valence-electron chi connectivity index (χ1n) is 4.60. The third kappa shape index (κ3) is 3.69. The Morgan fingerprint density at radius 3 is 2.44 bits per heavy atom. The number of halogens is 4. The Morgan fingerprint density at radius 1 is 1.25 bits per heavy atom. The average molecular weight is 237 g/mol. The molecule has 6 heteroatoms. The maximum absolute atomic E-state index is 12.1. The molecule has 0 aliphatic carbocycles. The van der Waals surface area contributed by atoms with Crippen LogP contribution >= 0.6 is 0 Å². The molecule has 0 aliphatic heterocycles. The van der Waals surface area contributed by atoms with Crippen LogP contribution in [0.1, 0.15) is 18.0 Å². The average Bonchev–Trinajstić information content (AvgIpc) is 2.16. The van der Waals surface area contributed by atoms with Gasteiger partial charge in [-0.15, -0.1) is 13.2 Å². The minimum Gasteiger partial charge on any atom is -0.405 e. The number of ether oxygens (including phenoxy) is 1. The molecule has 0 saturated carbocycles. The van der Waals surface area contributed by atoms with Gasteiger partial charge in [-0.1, -0.05) is 18.2 Å². The van der Waals surface area contributed by atoms with E-state index in [0.717, 1.165) is 6.07 Å². The first-order valence-corrected chi connectivity index (χ1v) is 4.60. The highest BCUT2D eigenvalue weighted by Crippen LogP contribution is 2.30. The summed E-state index contributed by atoms with van der Waals surface area (Å²) in [5.74, 6) is -0.379. The van der Waals surface area contributed by atoms with Crippen LogP contribution in [0.4, 0.5) is 17.6 Å². The number of rotatable bonds is 4. The van der Waals surface area contributed by atoms with Crippen molar-refractivity contribution in [2.75, 3.05) is 6.67 Å². The number of alkyl halides is 4. The largest absolute Gasteiger partial charge is 0.573 e. The Labute approximate surface area is 90.0 Å². The van der Waals surface area contributed by atoms with Crippen molar-refractivity contribution in [1.29, 1.82) is 0 Å². The van der Waals surface area contributed by atoms with E-state index in [1.807, 2.05) is 0 Å². The molecule has 0 heterocycles. The monoisotopic (exact) mass is 237 g/mol. The van der Waals surface area contributed by atoms with Gasteiger partial charge in [0.25, 0.3) is 0 Å². The van der Waals surface area contributed by atoms with Crippen LogP contribution in [0.5, 0.6) is 5.75 Å². The maximum atomic E-state index is 12.1. The number of nitrogens with two attached hydrogens (primary N) is 1. The molecule has 1 aromatic rings. The van der Waals surface area contributed by atoms with E-state index >= 15 is 0 Å². The van der Waals surface area contributed by atoms with E-state index in [1.54, 1.807) is 0 Å². The molecule has 0 fully saturated rings. The molecule has 0 aliphatic rings. The lowest BCUT2D eigenvalue weighted by Crippen LogP contribution is -2.20. The number of hydrogen-bond donors (Lipinski definition) is 1. The van der Waals surface area contributed by atoms with Gasteiger partial charge in [-0.05, 0) is 12.5 Å². The number of hydrogen-bond acceptors (Lipinski definition) is 2. The fraction of sp³-hybridized carbons (Fsp3) is 0.400. The van der Waals surface area contributed by atoms with E-state index in [-0.39, 0.29) is 17.7 Å². The van der Waals surface area contributed by atoms with Crippen LogP contribution in [0.15, 0.2) is 24.3 Å². The van der Waals surface area contributed by atoms with Gasteiger partial charge >= 0.3 is 6.36 Å². The lowest BCUT2D eigenvalue weighted by atomic mass is 10.0. The van der Waals surface area contributed by atoms with Gasteiger partial charge in [0, 0.05) is 11.6 Å². The Bertz CT molecular complexity index is 340. The second-order valence-electron chi connectivity index (χ2n) is 3.17. The summed E-state index contributed by atoms with van der Waals surface area (Å²) in [6.07, 6.45) is -4.82. The first kappa shape index (κ1) is 12.8. The molecule has 1 rings (SSSR count). The fourth-order valence-electron chi connectivity index (χ4n) is 1.28. The van der Waals surface area contributed by atoms with Crippen molar-refractivity contribution < 1.29 is 22.3 Å². The smallest absolute Gasteiger partial charge is 0.405 e. The molecule has 0 amide bonds. The van der Waals surface area contributed by atoms with E-state index < -0.39 is 19.1 Å². The quantitative estimate of drug-likeness (QED) is 0.817. The summed E-state index contributed by atoms with van der Waals surface area (Å²) in [4.78, 5) is 0. The van der Waals surface area contributed by atoms with E-state index in [4.69, 9.17) is 5.73 Å². The van der Waals surface area contributed by atoms with Crippen molar-refractivity contribution in [2.45, 2.75) is 18.8 Å². The van der Waals surface area contributed by atoms with Gasteiger partial charge in [0.15, 0.2) is 0 Å². The van der Waals surface area contributed by atoms with E-state index in [9.17, 15) is 17.6 Å². The van der Waals surface area contributed by atoms with Crippen LogP contribution in [0.2, 0.25) is 0 Å². The summed E-state index contributed by atoms with van der Waals surface area (Å²) < 4.78 is 52.0. The number of benzene rings is 1. The van der Waals surface area contributed by atoms with Crippen molar-refractivity contribution in [3.63, 3.8) is 0 Å². The summed E-state index contributed by atoms with van der Waals surface area (Å²) in [5.41, 5.74) is 5.69. The molecule has 1 aromatic carbocycles. The third-order valence-corrected chi connectivity index (χ3v) is 1.96. The molecule has 0 saturated heterocycles. The lowest BCUT2D eigenvalue weighted by Gasteiger charge is -2.16.